The zero-order chi connectivity index (χ0) is 12.9. The van der Waals surface area contributed by atoms with Gasteiger partial charge in [0.1, 0.15) is 5.82 Å². The SMILES string of the molecule is CC(C)(C)OCCCC(=O)c1ccc(F)cc1. The molecule has 1 aromatic carbocycles. The number of ketones is 1. The normalized spacial score (nSPS) is 11.5. The molecule has 0 amide bonds. The van der Waals surface area contributed by atoms with Crippen LogP contribution in [0.4, 0.5) is 4.39 Å². The molecule has 0 aliphatic rings. The standard InChI is InChI=1S/C14H19FO2/c1-14(2,3)17-10-4-5-13(16)11-6-8-12(15)9-7-11/h6-9H,4-5,10H2,1-3H3. The fraction of sp³-hybridized carbons (Fsp3) is 0.500. The monoisotopic (exact) mass is 238 g/mol. The molecule has 0 bridgehead atoms. The van der Waals surface area contributed by atoms with Crippen molar-refractivity contribution in [3.8, 4) is 0 Å². The van der Waals surface area contributed by atoms with Crippen LogP contribution in [0.15, 0.2) is 24.3 Å². The lowest BCUT2D eigenvalue weighted by Crippen LogP contribution is -2.20. The Morgan fingerprint density at radius 1 is 1.24 bits per heavy atom. The maximum absolute atomic E-state index is 12.7. The van der Waals surface area contributed by atoms with Crippen LogP contribution in [-0.4, -0.2) is 18.0 Å². The topological polar surface area (TPSA) is 26.3 Å². The van der Waals surface area contributed by atoms with E-state index >= 15 is 0 Å². The molecule has 0 atom stereocenters. The fourth-order valence-corrected chi connectivity index (χ4v) is 1.39. The van der Waals surface area contributed by atoms with Gasteiger partial charge in [0, 0.05) is 18.6 Å². The third kappa shape index (κ3) is 5.59. The van der Waals surface area contributed by atoms with E-state index in [1.165, 1.54) is 24.3 Å². The third-order valence-corrected chi connectivity index (χ3v) is 2.25. The molecule has 1 aromatic rings. The summed E-state index contributed by atoms with van der Waals surface area (Å²) in [6, 6.07) is 5.64. The lowest BCUT2D eigenvalue weighted by atomic mass is 10.1. The third-order valence-electron chi connectivity index (χ3n) is 2.25. The highest BCUT2D eigenvalue weighted by Crippen LogP contribution is 2.10. The van der Waals surface area contributed by atoms with E-state index in [1.807, 2.05) is 20.8 Å². The number of carbonyl (C=O) groups excluding carboxylic acids is 1. The van der Waals surface area contributed by atoms with Crippen molar-refractivity contribution in [3.05, 3.63) is 35.6 Å². The van der Waals surface area contributed by atoms with Crippen molar-refractivity contribution >= 4 is 5.78 Å². The average Bonchev–Trinajstić information content (AvgIpc) is 2.24. The number of halogens is 1. The van der Waals surface area contributed by atoms with Crippen LogP contribution in [0.25, 0.3) is 0 Å². The van der Waals surface area contributed by atoms with Crippen molar-refractivity contribution < 1.29 is 13.9 Å². The molecule has 0 saturated heterocycles. The van der Waals surface area contributed by atoms with Gasteiger partial charge in [0.05, 0.1) is 5.60 Å². The van der Waals surface area contributed by atoms with Crippen molar-refractivity contribution in [2.24, 2.45) is 0 Å². The van der Waals surface area contributed by atoms with Crippen LogP contribution >= 0.6 is 0 Å². The maximum Gasteiger partial charge on any atom is 0.162 e. The molecular formula is C14H19FO2. The highest BCUT2D eigenvalue weighted by molar-refractivity contribution is 5.95. The summed E-state index contributed by atoms with van der Waals surface area (Å²) in [7, 11) is 0. The number of ether oxygens (including phenoxy) is 1. The first-order chi connectivity index (χ1) is 7.88. The second-order valence-electron chi connectivity index (χ2n) is 4.99. The van der Waals surface area contributed by atoms with Crippen LogP contribution in [0.2, 0.25) is 0 Å². The summed E-state index contributed by atoms with van der Waals surface area (Å²) >= 11 is 0. The van der Waals surface area contributed by atoms with E-state index in [4.69, 9.17) is 4.74 Å². The molecule has 0 aliphatic heterocycles. The molecule has 0 saturated carbocycles. The zero-order valence-corrected chi connectivity index (χ0v) is 10.6. The Balaban J connectivity index is 2.33. The number of hydrogen-bond acceptors (Lipinski definition) is 2. The van der Waals surface area contributed by atoms with Gasteiger partial charge in [-0.05, 0) is 51.5 Å². The minimum Gasteiger partial charge on any atom is -0.376 e. The average molecular weight is 238 g/mol. The summed E-state index contributed by atoms with van der Waals surface area (Å²) in [6.45, 7) is 6.51. The first kappa shape index (κ1) is 13.8. The molecule has 0 aliphatic carbocycles. The smallest absolute Gasteiger partial charge is 0.162 e. The summed E-state index contributed by atoms with van der Waals surface area (Å²) in [5.41, 5.74) is 0.390. The summed E-state index contributed by atoms with van der Waals surface area (Å²) in [5.74, 6) is -0.292. The lowest BCUT2D eigenvalue weighted by molar-refractivity contribution is -0.00430. The Morgan fingerprint density at radius 3 is 2.35 bits per heavy atom. The van der Waals surface area contributed by atoms with Crippen LogP contribution in [0.3, 0.4) is 0 Å². The zero-order valence-electron chi connectivity index (χ0n) is 10.6. The van der Waals surface area contributed by atoms with Crippen molar-refractivity contribution in [2.75, 3.05) is 6.61 Å². The van der Waals surface area contributed by atoms with Crippen LogP contribution in [-0.2, 0) is 4.74 Å². The van der Waals surface area contributed by atoms with Crippen molar-refractivity contribution in [1.82, 2.24) is 0 Å². The Morgan fingerprint density at radius 2 is 1.82 bits per heavy atom. The molecule has 0 N–H and O–H groups in total. The van der Waals surface area contributed by atoms with Gasteiger partial charge in [-0.15, -0.1) is 0 Å². The van der Waals surface area contributed by atoms with E-state index in [0.29, 0.717) is 25.0 Å². The summed E-state index contributed by atoms with van der Waals surface area (Å²) in [6.07, 6.45) is 1.12. The number of carbonyl (C=O) groups is 1. The minimum atomic E-state index is -0.322. The molecule has 0 unspecified atom stereocenters. The number of benzene rings is 1. The molecule has 94 valence electrons. The van der Waals surface area contributed by atoms with Crippen LogP contribution in [0.5, 0.6) is 0 Å². The molecule has 17 heavy (non-hydrogen) atoms. The Kier molecular flexibility index (Phi) is 4.82. The van der Waals surface area contributed by atoms with Gasteiger partial charge in [0.15, 0.2) is 5.78 Å². The van der Waals surface area contributed by atoms with E-state index in [2.05, 4.69) is 0 Å². The van der Waals surface area contributed by atoms with Gasteiger partial charge < -0.3 is 4.74 Å². The van der Waals surface area contributed by atoms with Gasteiger partial charge in [-0.25, -0.2) is 4.39 Å². The van der Waals surface area contributed by atoms with E-state index < -0.39 is 0 Å². The molecule has 3 heteroatoms. The van der Waals surface area contributed by atoms with Crippen LogP contribution in [0, 0.1) is 5.82 Å². The van der Waals surface area contributed by atoms with E-state index in [9.17, 15) is 9.18 Å². The highest BCUT2D eigenvalue weighted by atomic mass is 19.1. The lowest BCUT2D eigenvalue weighted by Gasteiger charge is -2.19. The second-order valence-corrected chi connectivity index (χ2v) is 4.99. The van der Waals surface area contributed by atoms with E-state index in [1.54, 1.807) is 0 Å². The predicted octanol–water partition coefficient (Wildman–Crippen LogP) is 3.60. The molecule has 0 heterocycles. The first-order valence-corrected chi connectivity index (χ1v) is 5.81. The quantitative estimate of drug-likeness (QED) is 0.578. The van der Waals surface area contributed by atoms with Gasteiger partial charge >= 0.3 is 0 Å². The number of hydrogen-bond donors (Lipinski definition) is 0. The van der Waals surface area contributed by atoms with Crippen LogP contribution in [0.1, 0.15) is 44.0 Å². The van der Waals surface area contributed by atoms with Gasteiger partial charge in [-0.1, -0.05) is 0 Å². The summed E-state index contributed by atoms with van der Waals surface area (Å²) in [4.78, 5) is 11.7. The number of rotatable bonds is 5. The Hall–Kier alpha value is -1.22. The van der Waals surface area contributed by atoms with Crippen molar-refractivity contribution in [3.63, 3.8) is 0 Å². The highest BCUT2D eigenvalue weighted by Gasteiger charge is 2.10. The van der Waals surface area contributed by atoms with E-state index in [0.717, 1.165) is 0 Å². The fourth-order valence-electron chi connectivity index (χ4n) is 1.39. The Bertz CT molecular complexity index is 363. The Labute approximate surface area is 102 Å². The van der Waals surface area contributed by atoms with Gasteiger partial charge in [0.25, 0.3) is 0 Å². The largest absolute Gasteiger partial charge is 0.376 e. The van der Waals surface area contributed by atoms with Crippen LogP contribution < -0.4 is 0 Å². The predicted molar refractivity (Wildman–Crippen MR) is 65.7 cm³/mol. The molecule has 0 fully saturated rings. The van der Waals surface area contributed by atoms with Crippen molar-refractivity contribution in [1.29, 1.82) is 0 Å². The van der Waals surface area contributed by atoms with Crippen molar-refractivity contribution in [2.45, 2.75) is 39.2 Å². The summed E-state index contributed by atoms with van der Waals surface area (Å²) < 4.78 is 18.2. The van der Waals surface area contributed by atoms with Gasteiger partial charge in [-0.2, -0.15) is 0 Å². The van der Waals surface area contributed by atoms with E-state index in [-0.39, 0.29) is 17.2 Å². The maximum atomic E-state index is 12.7. The number of Topliss-reactive ketones (excluding diaryl/α,β-unsaturated/α-hetero) is 1. The minimum absolute atomic E-state index is 0.0301. The molecule has 0 spiro atoms. The van der Waals surface area contributed by atoms with Gasteiger partial charge in [0.2, 0.25) is 0 Å². The molecule has 0 radical (unpaired) electrons. The molecular weight excluding hydrogens is 219 g/mol. The molecule has 2 nitrogen and oxygen atoms in total. The van der Waals surface area contributed by atoms with Gasteiger partial charge in [-0.3, -0.25) is 4.79 Å². The first-order valence-electron chi connectivity index (χ1n) is 5.81. The second kappa shape index (κ2) is 5.92. The molecule has 0 aromatic heterocycles. The summed E-state index contributed by atoms with van der Waals surface area (Å²) in [5, 5.41) is 0. The molecule has 1 rings (SSSR count).